The van der Waals surface area contributed by atoms with Crippen LogP contribution in [0.3, 0.4) is 0 Å². The number of ether oxygens (including phenoxy) is 1. The number of aromatic nitrogens is 2. The van der Waals surface area contributed by atoms with E-state index in [1.54, 1.807) is 12.3 Å². The van der Waals surface area contributed by atoms with Gasteiger partial charge >= 0.3 is 6.18 Å². The van der Waals surface area contributed by atoms with E-state index < -0.39 is 11.7 Å². The van der Waals surface area contributed by atoms with Crippen molar-refractivity contribution in [3.8, 4) is 5.69 Å². The van der Waals surface area contributed by atoms with Crippen molar-refractivity contribution in [1.82, 2.24) is 24.7 Å². The van der Waals surface area contributed by atoms with Gasteiger partial charge in [-0.05, 0) is 68.0 Å². The quantitative estimate of drug-likeness (QED) is 0.463. The normalized spacial score (nSPS) is 20.9. The van der Waals surface area contributed by atoms with Crippen LogP contribution in [-0.2, 0) is 10.9 Å². The average Bonchev–Trinajstić information content (AvgIpc) is 3.37. The molecule has 0 amide bonds. The van der Waals surface area contributed by atoms with Crippen molar-refractivity contribution in [3.05, 3.63) is 82.9 Å². The Bertz CT molecular complexity index is 1260. The van der Waals surface area contributed by atoms with Crippen LogP contribution >= 0.6 is 12.2 Å². The Morgan fingerprint density at radius 2 is 1.84 bits per heavy atom. The summed E-state index contributed by atoms with van der Waals surface area (Å²) in [5.74, 6) is 0. The lowest BCUT2D eigenvalue weighted by Gasteiger charge is -2.32. The minimum atomic E-state index is -4.41. The third-order valence-electron chi connectivity index (χ3n) is 7.18. The fourth-order valence-corrected chi connectivity index (χ4v) is 5.70. The van der Waals surface area contributed by atoms with Crippen LogP contribution in [0.5, 0.6) is 0 Å². The predicted molar refractivity (Wildman–Crippen MR) is 140 cm³/mol. The van der Waals surface area contributed by atoms with Gasteiger partial charge in [-0.25, -0.2) is 0 Å². The number of nitrogens with one attached hydrogen (secondary N) is 1. The van der Waals surface area contributed by atoms with E-state index in [1.807, 2.05) is 36.6 Å². The first kappa shape index (κ1) is 25.7. The van der Waals surface area contributed by atoms with E-state index in [1.165, 1.54) is 12.1 Å². The Balaban J connectivity index is 1.53. The Morgan fingerprint density at radius 1 is 1.05 bits per heavy atom. The highest BCUT2D eigenvalue weighted by Crippen LogP contribution is 2.41. The SMILES string of the molecule is Cc1cc([C@@H]2[C@H](c3ccccn3)NC(=S)N2CCN2CCOCC2)c(C)n1-c1cccc(C(F)(F)F)c1. The average molecular weight is 530 g/mol. The van der Waals surface area contributed by atoms with Gasteiger partial charge in [-0.15, -0.1) is 0 Å². The molecule has 2 atom stereocenters. The second kappa shape index (κ2) is 10.4. The van der Waals surface area contributed by atoms with Crippen molar-refractivity contribution >= 4 is 17.3 Å². The molecule has 5 rings (SSSR count). The highest BCUT2D eigenvalue weighted by atomic mass is 32.1. The zero-order valence-corrected chi connectivity index (χ0v) is 21.6. The van der Waals surface area contributed by atoms with Gasteiger partial charge < -0.3 is 19.5 Å². The third kappa shape index (κ3) is 5.23. The van der Waals surface area contributed by atoms with E-state index in [4.69, 9.17) is 17.0 Å². The topological polar surface area (TPSA) is 45.6 Å². The molecule has 0 spiro atoms. The smallest absolute Gasteiger partial charge is 0.379 e. The standard InChI is InChI=1S/C27H30F3N5OS/c1-18-16-22(19(2)35(18)21-7-5-6-20(17-21)27(28,29)30)25-24(23-8-3-4-9-31-23)32-26(37)34(25)11-10-33-12-14-36-15-13-33/h3-9,16-17,24-25H,10-15H2,1-2H3,(H,32,37)/t24-,25+/m0/s1. The summed E-state index contributed by atoms with van der Waals surface area (Å²) < 4.78 is 47.7. The minimum Gasteiger partial charge on any atom is -0.379 e. The molecule has 2 saturated heterocycles. The van der Waals surface area contributed by atoms with E-state index in [9.17, 15) is 13.2 Å². The fraction of sp³-hybridized carbons (Fsp3) is 0.407. The van der Waals surface area contributed by atoms with Crippen LogP contribution in [0.1, 0.15) is 40.3 Å². The maximum absolute atomic E-state index is 13.4. The van der Waals surface area contributed by atoms with Crippen molar-refractivity contribution in [2.45, 2.75) is 32.1 Å². The largest absolute Gasteiger partial charge is 0.416 e. The number of hydrogen-bond acceptors (Lipinski definition) is 4. The van der Waals surface area contributed by atoms with E-state index >= 15 is 0 Å². The fourth-order valence-electron chi connectivity index (χ4n) is 5.36. The van der Waals surface area contributed by atoms with Gasteiger partial charge in [-0.1, -0.05) is 12.1 Å². The van der Waals surface area contributed by atoms with Crippen LogP contribution in [0.15, 0.2) is 54.7 Å². The molecule has 0 radical (unpaired) electrons. The Hall–Kier alpha value is -2.95. The molecule has 1 N–H and O–H groups in total. The number of morpholine rings is 1. The van der Waals surface area contributed by atoms with Crippen molar-refractivity contribution in [2.75, 3.05) is 39.4 Å². The van der Waals surface area contributed by atoms with Gasteiger partial charge in [0.15, 0.2) is 5.11 Å². The van der Waals surface area contributed by atoms with Gasteiger partial charge in [0.1, 0.15) is 0 Å². The summed E-state index contributed by atoms with van der Waals surface area (Å²) in [6.45, 7) is 8.64. The monoisotopic (exact) mass is 529 g/mol. The van der Waals surface area contributed by atoms with Gasteiger partial charge in [0.25, 0.3) is 0 Å². The summed E-state index contributed by atoms with van der Waals surface area (Å²) in [6.07, 6.45) is -2.64. The van der Waals surface area contributed by atoms with E-state index in [2.05, 4.69) is 26.2 Å². The molecule has 0 bridgehead atoms. The molecule has 2 aromatic heterocycles. The van der Waals surface area contributed by atoms with Crippen LogP contribution < -0.4 is 5.32 Å². The van der Waals surface area contributed by atoms with Gasteiger partial charge in [0.2, 0.25) is 0 Å². The maximum atomic E-state index is 13.4. The summed E-state index contributed by atoms with van der Waals surface area (Å²) in [6, 6.07) is 13.0. The first-order chi connectivity index (χ1) is 17.7. The van der Waals surface area contributed by atoms with Gasteiger partial charge in [0, 0.05) is 49.5 Å². The second-order valence-electron chi connectivity index (χ2n) is 9.48. The molecule has 4 heterocycles. The molecule has 3 aromatic rings. The molecule has 37 heavy (non-hydrogen) atoms. The number of alkyl halides is 3. The van der Waals surface area contributed by atoms with Crippen molar-refractivity contribution in [1.29, 1.82) is 0 Å². The number of nitrogens with zero attached hydrogens (tertiary/aromatic N) is 4. The maximum Gasteiger partial charge on any atom is 0.416 e. The molecule has 196 valence electrons. The van der Waals surface area contributed by atoms with E-state index in [0.29, 0.717) is 17.3 Å². The number of halogens is 3. The molecule has 0 unspecified atom stereocenters. The van der Waals surface area contributed by atoms with E-state index in [0.717, 1.165) is 61.6 Å². The van der Waals surface area contributed by atoms with Crippen molar-refractivity contribution < 1.29 is 17.9 Å². The van der Waals surface area contributed by atoms with Crippen LogP contribution in [0.4, 0.5) is 13.2 Å². The Kier molecular flexibility index (Phi) is 7.24. The molecule has 2 aliphatic heterocycles. The van der Waals surface area contributed by atoms with Gasteiger partial charge in [0.05, 0.1) is 36.6 Å². The number of benzene rings is 1. The molecular weight excluding hydrogens is 499 g/mol. The lowest BCUT2D eigenvalue weighted by atomic mass is 9.96. The number of aryl methyl sites for hydroxylation is 1. The van der Waals surface area contributed by atoms with Gasteiger partial charge in [-0.2, -0.15) is 13.2 Å². The summed E-state index contributed by atoms with van der Waals surface area (Å²) in [4.78, 5) is 9.16. The summed E-state index contributed by atoms with van der Waals surface area (Å²) in [5.41, 5.74) is 3.44. The second-order valence-corrected chi connectivity index (χ2v) is 9.87. The zero-order chi connectivity index (χ0) is 26.2. The lowest BCUT2D eigenvalue weighted by Crippen LogP contribution is -2.42. The Labute approximate surface area is 220 Å². The molecule has 0 aliphatic carbocycles. The van der Waals surface area contributed by atoms with Crippen molar-refractivity contribution in [3.63, 3.8) is 0 Å². The minimum absolute atomic E-state index is 0.158. The van der Waals surface area contributed by atoms with Gasteiger partial charge in [-0.3, -0.25) is 9.88 Å². The van der Waals surface area contributed by atoms with Crippen LogP contribution in [0, 0.1) is 13.8 Å². The van der Waals surface area contributed by atoms with Crippen LogP contribution in [0.2, 0.25) is 0 Å². The van der Waals surface area contributed by atoms with Crippen LogP contribution in [0.25, 0.3) is 5.69 Å². The number of pyridine rings is 1. The lowest BCUT2D eigenvalue weighted by molar-refractivity contribution is -0.137. The third-order valence-corrected chi connectivity index (χ3v) is 7.53. The van der Waals surface area contributed by atoms with E-state index in [-0.39, 0.29) is 12.1 Å². The molecular formula is C27H30F3N5OS. The summed E-state index contributed by atoms with van der Waals surface area (Å²) >= 11 is 5.81. The number of hydrogen-bond donors (Lipinski definition) is 1. The first-order valence-corrected chi connectivity index (χ1v) is 12.8. The number of rotatable bonds is 6. The molecule has 1 aromatic carbocycles. The first-order valence-electron chi connectivity index (χ1n) is 12.4. The Morgan fingerprint density at radius 3 is 2.54 bits per heavy atom. The summed E-state index contributed by atoms with van der Waals surface area (Å²) in [7, 11) is 0. The van der Waals surface area contributed by atoms with Crippen molar-refractivity contribution in [2.24, 2.45) is 0 Å². The molecule has 2 fully saturated rings. The molecule has 6 nitrogen and oxygen atoms in total. The summed E-state index contributed by atoms with van der Waals surface area (Å²) in [5, 5.41) is 4.13. The number of thiocarbonyl (C=S) groups is 1. The molecule has 2 aliphatic rings. The predicted octanol–water partition coefficient (Wildman–Crippen LogP) is 4.81. The zero-order valence-electron chi connectivity index (χ0n) is 20.8. The highest BCUT2D eigenvalue weighted by molar-refractivity contribution is 7.80. The van der Waals surface area contributed by atoms with Crippen LogP contribution in [-0.4, -0.2) is 63.9 Å². The highest BCUT2D eigenvalue weighted by Gasteiger charge is 2.41. The molecule has 10 heteroatoms. The molecule has 0 saturated carbocycles.